The number of hydrogen-bond donors (Lipinski definition) is 1. The summed E-state index contributed by atoms with van der Waals surface area (Å²) < 4.78 is 6.08. The van der Waals surface area contributed by atoms with Gasteiger partial charge in [0.15, 0.2) is 5.82 Å². The number of esters is 1. The fraction of sp³-hybridized carbons (Fsp3) is 0.167. The van der Waals surface area contributed by atoms with Crippen LogP contribution in [0, 0.1) is 0 Å². The monoisotopic (exact) mass is 299 g/mol. The van der Waals surface area contributed by atoms with Gasteiger partial charge in [0.2, 0.25) is 0 Å². The Kier molecular flexibility index (Phi) is 3.97. The highest BCUT2D eigenvalue weighted by Gasteiger charge is 2.14. The number of nitrogens with one attached hydrogen (secondary N) is 1. The van der Waals surface area contributed by atoms with Gasteiger partial charge in [-0.15, -0.1) is 0 Å². The van der Waals surface area contributed by atoms with Gasteiger partial charge in [-0.2, -0.15) is 5.10 Å². The van der Waals surface area contributed by atoms with Crippen molar-refractivity contribution in [3.63, 3.8) is 0 Å². The standard InChI is InChI=1S/C12H11Cl2N3O2/c1-17-10(12(18)19-2)6-11(16-17)15-9-4-3-7(13)5-8(9)14/h3-6H,1-2H3,(H,15,16). The molecule has 0 unspecified atom stereocenters. The number of ether oxygens (including phenoxy) is 1. The molecule has 7 heteroatoms. The van der Waals surface area contributed by atoms with E-state index in [9.17, 15) is 4.79 Å². The summed E-state index contributed by atoms with van der Waals surface area (Å²) in [6, 6.07) is 6.64. The first-order valence-electron chi connectivity index (χ1n) is 5.35. The molecule has 2 rings (SSSR count). The van der Waals surface area contributed by atoms with Crippen LogP contribution >= 0.6 is 23.2 Å². The van der Waals surface area contributed by atoms with Crippen LogP contribution in [0.15, 0.2) is 24.3 Å². The first kappa shape index (κ1) is 13.7. The van der Waals surface area contributed by atoms with E-state index in [1.807, 2.05) is 0 Å². The van der Waals surface area contributed by atoms with E-state index in [0.717, 1.165) is 0 Å². The van der Waals surface area contributed by atoms with Crippen LogP contribution in [0.2, 0.25) is 10.0 Å². The average molecular weight is 300 g/mol. The second kappa shape index (κ2) is 5.50. The van der Waals surface area contributed by atoms with Gasteiger partial charge in [0.05, 0.1) is 17.8 Å². The SMILES string of the molecule is COC(=O)c1cc(Nc2ccc(Cl)cc2Cl)nn1C. The number of carbonyl (C=O) groups is 1. The molecule has 100 valence electrons. The molecule has 1 heterocycles. The number of benzene rings is 1. The number of nitrogens with zero attached hydrogens (tertiary/aromatic N) is 2. The first-order chi connectivity index (χ1) is 9.01. The van der Waals surface area contributed by atoms with Gasteiger partial charge in [0, 0.05) is 18.1 Å². The Labute approximate surface area is 120 Å². The van der Waals surface area contributed by atoms with Gasteiger partial charge in [-0.05, 0) is 18.2 Å². The second-order valence-electron chi connectivity index (χ2n) is 3.78. The normalized spacial score (nSPS) is 10.3. The molecule has 2 aromatic rings. The van der Waals surface area contributed by atoms with Crippen LogP contribution in [-0.2, 0) is 11.8 Å². The van der Waals surface area contributed by atoms with Crippen LogP contribution in [0.1, 0.15) is 10.5 Å². The van der Waals surface area contributed by atoms with Crippen LogP contribution in [-0.4, -0.2) is 22.9 Å². The summed E-state index contributed by atoms with van der Waals surface area (Å²) in [6.45, 7) is 0. The molecule has 0 bridgehead atoms. The summed E-state index contributed by atoms with van der Waals surface area (Å²) in [5.41, 5.74) is 0.996. The van der Waals surface area contributed by atoms with Crippen molar-refractivity contribution >= 4 is 40.7 Å². The lowest BCUT2D eigenvalue weighted by molar-refractivity contribution is 0.0588. The van der Waals surface area contributed by atoms with Crippen molar-refractivity contribution in [2.24, 2.45) is 7.05 Å². The Morgan fingerprint density at radius 3 is 2.74 bits per heavy atom. The smallest absolute Gasteiger partial charge is 0.356 e. The van der Waals surface area contributed by atoms with Gasteiger partial charge in [-0.1, -0.05) is 23.2 Å². The van der Waals surface area contributed by atoms with Crippen LogP contribution in [0.4, 0.5) is 11.5 Å². The molecule has 0 atom stereocenters. The third-order valence-electron chi connectivity index (χ3n) is 2.47. The summed E-state index contributed by atoms with van der Waals surface area (Å²) in [5, 5.41) is 8.18. The summed E-state index contributed by atoms with van der Waals surface area (Å²) in [5.74, 6) is 0.0392. The van der Waals surface area contributed by atoms with Crippen LogP contribution in [0.25, 0.3) is 0 Å². The number of aryl methyl sites for hydroxylation is 1. The van der Waals surface area contributed by atoms with Crippen molar-refractivity contribution in [2.45, 2.75) is 0 Å². The topological polar surface area (TPSA) is 56.1 Å². The van der Waals surface area contributed by atoms with E-state index >= 15 is 0 Å². The Morgan fingerprint density at radius 2 is 2.11 bits per heavy atom. The molecule has 0 aliphatic rings. The van der Waals surface area contributed by atoms with Crippen LogP contribution in [0.5, 0.6) is 0 Å². The van der Waals surface area contributed by atoms with Crippen LogP contribution in [0.3, 0.4) is 0 Å². The zero-order valence-corrected chi connectivity index (χ0v) is 11.8. The van der Waals surface area contributed by atoms with E-state index in [0.29, 0.717) is 27.2 Å². The minimum absolute atomic E-state index is 0.343. The van der Waals surface area contributed by atoms with E-state index in [-0.39, 0.29) is 0 Å². The number of hydrogen-bond acceptors (Lipinski definition) is 4. The lowest BCUT2D eigenvalue weighted by Crippen LogP contribution is -2.07. The van der Waals surface area contributed by atoms with Crippen molar-refractivity contribution in [2.75, 3.05) is 12.4 Å². The van der Waals surface area contributed by atoms with Gasteiger partial charge >= 0.3 is 5.97 Å². The molecule has 0 aliphatic heterocycles. The van der Waals surface area contributed by atoms with Crippen molar-refractivity contribution < 1.29 is 9.53 Å². The van der Waals surface area contributed by atoms with Gasteiger partial charge < -0.3 is 10.1 Å². The first-order valence-corrected chi connectivity index (χ1v) is 6.11. The largest absolute Gasteiger partial charge is 0.464 e. The summed E-state index contributed by atoms with van der Waals surface area (Å²) in [6.07, 6.45) is 0. The van der Waals surface area contributed by atoms with Gasteiger partial charge in [-0.25, -0.2) is 4.79 Å². The minimum atomic E-state index is -0.453. The molecule has 1 aromatic heterocycles. The zero-order valence-electron chi connectivity index (χ0n) is 10.3. The fourth-order valence-electron chi connectivity index (χ4n) is 1.55. The quantitative estimate of drug-likeness (QED) is 0.884. The number of methoxy groups -OCH3 is 1. The van der Waals surface area contributed by atoms with Crippen molar-refractivity contribution in [3.8, 4) is 0 Å². The molecule has 0 spiro atoms. The second-order valence-corrected chi connectivity index (χ2v) is 4.62. The Bertz CT molecular complexity index is 625. The molecule has 5 nitrogen and oxygen atoms in total. The molecule has 0 fully saturated rings. The maximum Gasteiger partial charge on any atom is 0.356 e. The van der Waals surface area contributed by atoms with Gasteiger partial charge in [0.25, 0.3) is 0 Å². The number of halogens is 2. The number of anilines is 2. The van der Waals surface area contributed by atoms with E-state index < -0.39 is 5.97 Å². The Hall–Kier alpha value is -1.72. The highest BCUT2D eigenvalue weighted by molar-refractivity contribution is 6.36. The fourth-order valence-corrected chi connectivity index (χ4v) is 2.01. The number of rotatable bonds is 3. The maximum absolute atomic E-state index is 11.5. The summed E-state index contributed by atoms with van der Waals surface area (Å²) >= 11 is 11.9. The lowest BCUT2D eigenvalue weighted by Gasteiger charge is -2.05. The molecule has 0 saturated heterocycles. The number of aromatic nitrogens is 2. The van der Waals surface area contributed by atoms with E-state index in [2.05, 4.69) is 15.2 Å². The predicted molar refractivity (Wildman–Crippen MR) is 74.3 cm³/mol. The molecular weight excluding hydrogens is 289 g/mol. The molecule has 0 aliphatic carbocycles. The van der Waals surface area contributed by atoms with E-state index in [4.69, 9.17) is 23.2 Å². The average Bonchev–Trinajstić information content (AvgIpc) is 2.73. The molecule has 0 radical (unpaired) electrons. The van der Waals surface area contributed by atoms with Crippen LogP contribution < -0.4 is 5.32 Å². The predicted octanol–water partition coefficient (Wildman–Crippen LogP) is 3.26. The molecule has 19 heavy (non-hydrogen) atoms. The van der Waals surface area contributed by atoms with E-state index in [1.54, 1.807) is 31.3 Å². The molecule has 0 amide bonds. The van der Waals surface area contributed by atoms with Crippen molar-refractivity contribution in [1.29, 1.82) is 0 Å². The van der Waals surface area contributed by atoms with E-state index in [1.165, 1.54) is 11.8 Å². The van der Waals surface area contributed by atoms with Crippen molar-refractivity contribution in [3.05, 3.63) is 40.0 Å². The van der Waals surface area contributed by atoms with Gasteiger partial charge in [-0.3, -0.25) is 4.68 Å². The lowest BCUT2D eigenvalue weighted by atomic mass is 10.3. The highest BCUT2D eigenvalue weighted by atomic mass is 35.5. The third-order valence-corrected chi connectivity index (χ3v) is 3.02. The highest BCUT2D eigenvalue weighted by Crippen LogP contribution is 2.28. The molecule has 1 aromatic carbocycles. The van der Waals surface area contributed by atoms with Gasteiger partial charge in [0.1, 0.15) is 5.69 Å². The summed E-state index contributed by atoms with van der Waals surface area (Å²) in [7, 11) is 2.97. The molecule has 1 N–H and O–H groups in total. The minimum Gasteiger partial charge on any atom is -0.464 e. The molecule has 0 saturated carbocycles. The van der Waals surface area contributed by atoms with Crippen molar-refractivity contribution in [1.82, 2.24) is 9.78 Å². The Balaban J connectivity index is 2.26. The maximum atomic E-state index is 11.5. The zero-order chi connectivity index (χ0) is 14.0. The molecular formula is C12H11Cl2N3O2. The third kappa shape index (κ3) is 3.00. The number of carbonyl (C=O) groups excluding carboxylic acids is 1. The summed E-state index contributed by atoms with van der Waals surface area (Å²) in [4.78, 5) is 11.5. The Morgan fingerprint density at radius 1 is 1.37 bits per heavy atom.